The Morgan fingerprint density at radius 1 is 0.308 bits per heavy atom. The maximum Gasteiger partial charge on any atom is 0.340 e. The van der Waals surface area contributed by atoms with E-state index in [1.807, 2.05) is 233 Å². The van der Waals surface area contributed by atoms with E-state index in [2.05, 4.69) is 56.5 Å². The van der Waals surface area contributed by atoms with Gasteiger partial charge in [0.15, 0.2) is 49.5 Å². The fourth-order valence-electron chi connectivity index (χ4n) is 10.6. The number of para-hydroxylation sites is 4. The molecule has 0 saturated heterocycles. The minimum absolute atomic E-state index is 0.0139. The second-order valence-corrected chi connectivity index (χ2v) is 26.7. The summed E-state index contributed by atoms with van der Waals surface area (Å²) in [6, 6.07) is 86.1. The molecule has 24 nitrogen and oxygen atoms in total. The van der Waals surface area contributed by atoms with Crippen molar-refractivity contribution >= 4 is 51.4 Å². The summed E-state index contributed by atoms with van der Waals surface area (Å²) in [6.45, 7) is 5.87. The Labute approximate surface area is 683 Å². The molecule has 8 aromatic carbocycles. The lowest BCUT2D eigenvalue weighted by molar-refractivity contribution is 0.0429. The van der Waals surface area contributed by atoms with Crippen LogP contribution in [-0.4, -0.2) is 64.4 Å². The van der Waals surface area contributed by atoms with Crippen LogP contribution >= 0.6 is 27.5 Å². The molecule has 0 atom stereocenters. The maximum absolute atomic E-state index is 12.3. The van der Waals surface area contributed by atoms with Crippen LogP contribution in [0.1, 0.15) is 81.2 Å². The smallest absolute Gasteiger partial charge is 0.340 e. The van der Waals surface area contributed by atoms with Crippen LogP contribution in [0.25, 0.3) is 45.0 Å². The monoisotopic (exact) mass is 1640 g/mol. The summed E-state index contributed by atoms with van der Waals surface area (Å²) >= 11 is 9.74. The summed E-state index contributed by atoms with van der Waals surface area (Å²) < 4.78 is 65.5. The lowest BCUT2D eigenvalue weighted by Crippen LogP contribution is -2.05. The zero-order valence-electron chi connectivity index (χ0n) is 62.6. The Morgan fingerprint density at radius 2 is 0.632 bits per heavy atom. The van der Waals surface area contributed by atoms with Crippen molar-refractivity contribution in [3.63, 3.8) is 0 Å². The van der Waals surface area contributed by atoms with Gasteiger partial charge in [0.1, 0.15) is 45.8 Å². The molecule has 16 aromatic rings. The molecule has 0 N–H and O–H groups in total. The summed E-state index contributed by atoms with van der Waals surface area (Å²) in [5, 5.41) is 16.7. The molecule has 0 aliphatic carbocycles. The van der Waals surface area contributed by atoms with E-state index < -0.39 is 23.9 Å². The van der Waals surface area contributed by atoms with E-state index in [-0.39, 0.29) is 26.4 Å². The number of hydrogen-bond acceptors (Lipinski definition) is 24. The number of rotatable bonds is 24. The summed E-state index contributed by atoms with van der Waals surface area (Å²) in [6.07, 6.45) is 5.64. The molecule has 0 unspecified atom stereocenters. The number of ether oxygens (including phenoxy) is 8. The topological polar surface area (TPSA) is 298 Å². The molecule has 0 saturated carbocycles. The Kier molecular flexibility index (Phi) is 27.4. The largest absolute Gasteiger partial charge is 0.454 e. The Hall–Kier alpha value is -15.0. The van der Waals surface area contributed by atoms with Gasteiger partial charge in [0.05, 0.1) is 27.3 Å². The highest BCUT2D eigenvalue weighted by molar-refractivity contribution is 9.10. The van der Waals surface area contributed by atoms with Crippen molar-refractivity contribution in [1.82, 2.24) is 40.6 Å². The van der Waals surface area contributed by atoms with Crippen LogP contribution in [0.2, 0.25) is 5.02 Å². The van der Waals surface area contributed by atoms with E-state index in [0.29, 0.717) is 120 Å². The van der Waals surface area contributed by atoms with Crippen molar-refractivity contribution in [1.29, 1.82) is 0 Å². The van der Waals surface area contributed by atoms with Crippen LogP contribution in [0, 0.1) is 20.8 Å². The SMILES string of the molecule is Cc1ccc(-c2cc(COC(=O)c3ccc(Oc4ccccc4)nc3)on2)c(Cl)c1.Cc1ccc(-c2cc(COC(=O)c3ccc(Oc4ccccc4)nc3)on2)cc1.Cc1cccc(-c2cc(COC(=O)c3ccc(Oc4ccccc4)nc3)on2)c1.O=C(OCc1cc(-c2ccccc2Br)no1)c1ccc(Oc2ccccc2)nc1. The predicted octanol–water partition coefficient (Wildman–Crippen LogP) is 21.9. The number of pyridine rings is 4. The molecule has 26 heteroatoms. The highest BCUT2D eigenvalue weighted by Gasteiger charge is 2.19. The molecule has 8 heterocycles. The first-order valence-electron chi connectivity index (χ1n) is 36.0. The van der Waals surface area contributed by atoms with Gasteiger partial charge in [-0.2, -0.15) is 0 Å². The average Bonchev–Trinajstić information content (AvgIpc) is 1.72. The van der Waals surface area contributed by atoms with E-state index in [0.717, 1.165) is 37.9 Å². The number of esters is 4. The molecule has 117 heavy (non-hydrogen) atoms. The fraction of sp³-hybridized carbons (Fsp3) is 0.0769. The van der Waals surface area contributed by atoms with E-state index in [1.54, 1.807) is 72.8 Å². The molecule has 0 fully saturated rings. The van der Waals surface area contributed by atoms with Gasteiger partial charge >= 0.3 is 23.9 Å². The number of carbonyl (C=O) groups excluding carboxylic acids is 4. The third-order valence-corrected chi connectivity index (χ3v) is 17.6. The molecule has 0 radical (unpaired) electrons. The molecule has 582 valence electrons. The second kappa shape index (κ2) is 40.0. The van der Waals surface area contributed by atoms with Crippen LogP contribution in [0.4, 0.5) is 0 Å². The minimum Gasteiger partial charge on any atom is -0.454 e. The van der Waals surface area contributed by atoms with Crippen LogP contribution in [0.3, 0.4) is 0 Å². The van der Waals surface area contributed by atoms with Crippen molar-refractivity contribution in [3.05, 3.63) is 381 Å². The minimum atomic E-state index is -0.528. The highest BCUT2D eigenvalue weighted by Crippen LogP contribution is 2.32. The lowest BCUT2D eigenvalue weighted by Gasteiger charge is -2.05. The third kappa shape index (κ3) is 23.6. The first kappa shape index (κ1) is 80.1. The van der Waals surface area contributed by atoms with Crippen molar-refractivity contribution in [2.75, 3.05) is 0 Å². The van der Waals surface area contributed by atoms with Crippen LogP contribution in [0.5, 0.6) is 46.5 Å². The standard InChI is InChI=1S/C23H17ClN2O4.2C23H18N2O4.C22H15BrN2O4/c1-15-7-9-19(20(24)11-15)21-12-18(30-26-21)14-28-23(27)16-8-10-22(25-13-16)29-17-5-3-2-4-6-17;1-16-6-5-7-17(12-16)21-13-20(29-25-21)15-27-23(26)18-10-11-22(24-14-18)28-19-8-3-2-4-9-19;1-16-7-9-17(10-8-16)21-13-20(29-25-21)15-27-23(26)18-11-12-22(24-14-18)28-19-5-3-2-4-6-19;23-19-9-5-4-8-18(19)20-12-17(29-25-20)14-27-22(26)15-10-11-21(24-13-15)28-16-6-2-1-3-7-16/h2-13H,14H2,1H3;2*2-14H,15H2,1H3;1-13H,14H2. The third-order valence-electron chi connectivity index (χ3n) is 16.6. The molecule has 0 amide bonds. The highest BCUT2D eigenvalue weighted by atomic mass is 79.9. The Bertz CT molecular complexity index is 5920. The number of nitrogens with zero attached hydrogens (tertiary/aromatic N) is 8. The van der Waals surface area contributed by atoms with Crippen molar-refractivity contribution in [2.24, 2.45) is 0 Å². The van der Waals surface area contributed by atoms with Crippen molar-refractivity contribution in [3.8, 4) is 91.5 Å². The van der Waals surface area contributed by atoms with Crippen LogP contribution < -0.4 is 18.9 Å². The molecular formula is C91H68BrClN8O16. The van der Waals surface area contributed by atoms with Gasteiger partial charge < -0.3 is 56.0 Å². The van der Waals surface area contributed by atoms with Gasteiger partial charge in [-0.05, 0) is 117 Å². The summed E-state index contributed by atoms with van der Waals surface area (Å²) in [4.78, 5) is 65.6. The zero-order valence-corrected chi connectivity index (χ0v) is 65.0. The van der Waals surface area contributed by atoms with Crippen molar-refractivity contribution in [2.45, 2.75) is 47.2 Å². The molecular weight excluding hydrogens is 1580 g/mol. The number of aryl methyl sites for hydroxylation is 3. The number of aromatic nitrogens is 8. The van der Waals surface area contributed by atoms with Crippen molar-refractivity contribution < 1.29 is 75.2 Å². The lowest BCUT2D eigenvalue weighted by atomic mass is 10.1. The van der Waals surface area contributed by atoms with Crippen LogP contribution in [-0.2, 0) is 45.4 Å². The zero-order chi connectivity index (χ0) is 81.1. The number of halogens is 2. The van der Waals surface area contributed by atoms with E-state index in [9.17, 15) is 19.2 Å². The first-order chi connectivity index (χ1) is 57.1. The Morgan fingerprint density at radius 3 is 0.983 bits per heavy atom. The summed E-state index contributed by atoms with van der Waals surface area (Å²) in [5.41, 5.74) is 10.8. The molecule has 0 bridgehead atoms. The number of carbonyl (C=O) groups is 4. The van der Waals surface area contributed by atoms with Gasteiger partial charge in [-0.3, -0.25) is 0 Å². The quantitative estimate of drug-likeness (QED) is 0.0401. The Balaban J connectivity index is 0.000000135. The van der Waals surface area contributed by atoms with E-state index >= 15 is 0 Å². The number of benzene rings is 8. The molecule has 8 aromatic heterocycles. The molecule has 0 spiro atoms. The summed E-state index contributed by atoms with van der Waals surface area (Å²) in [7, 11) is 0. The molecule has 16 rings (SSSR count). The molecule has 0 aliphatic rings. The molecule has 0 aliphatic heterocycles. The predicted molar refractivity (Wildman–Crippen MR) is 434 cm³/mol. The van der Waals surface area contributed by atoms with Gasteiger partial charge in [-0.1, -0.05) is 205 Å². The first-order valence-corrected chi connectivity index (χ1v) is 37.2. The average molecular weight is 1640 g/mol. The fourth-order valence-corrected chi connectivity index (χ4v) is 11.5. The van der Waals surface area contributed by atoms with Gasteiger partial charge in [0.2, 0.25) is 23.5 Å². The van der Waals surface area contributed by atoms with E-state index in [4.69, 9.17) is 67.6 Å². The number of hydrogen-bond donors (Lipinski definition) is 0. The summed E-state index contributed by atoms with van der Waals surface area (Å²) in [5.74, 6) is 3.97. The van der Waals surface area contributed by atoms with Gasteiger partial charge in [0, 0.05) is 100 Å². The van der Waals surface area contributed by atoms with Crippen LogP contribution in [0.15, 0.2) is 332 Å². The van der Waals surface area contributed by atoms with E-state index in [1.165, 1.54) is 30.4 Å². The van der Waals surface area contributed by atoms with Gasteiger partial charge in [-0.25, -0.2) is 39.1 Å². The maximum atomic E-state index is 12.3. The van der Waals surface area contributed by atoms with Gasteiger partial charge in [0.25, 0.3) is 0 Å². The second-order valence-electron chi connectivity index (χ2n) is 25.4. The normalized spacial score (nSPS) is 10.5. The van der Waals surface area contributed by atoms with Gasteiger partial charge in [-0.15, -0.1) is 0 Å².